The quantitative estimate of drug-likeness (QED) is 0.727. The molecule has 0 aromatic rings. The van der Waals surface area contributed by atoms with Crippen LogP contribution in [0.4, 0.5) is 0 Å². The van der Waals surface area contributed by atoms with Crippen LogP contribution in [0.3, 0.4) is 0 Å². The van der Waals surface area contributed by atoms with Gasteiger partial charge in [0.05, 0.1) is 5.75 Å². The summed E-state index contributed by atoms with van der Waals surface area (Å²) >= 11 is 0. The molecule has 0 amide bonds. The SMILES string of the molecule is CNCCCS(=O)(=O)NC12CC3CC(CC(C3)C1)C2. The summed E-state index contributed by atoms with van der Waals surface area (Å²) in [7, 11) is -1.25. The lowest BCUT2D eigenvalue weighted by atomic mass is 9.53. The summed E-state index contributed by atoms with van der Waals surface area (Å²) in [5.41, 5.74) is -0.0762. The molecular formula is C14H26N2O2S. The van der Waals surface area contributed by atoms with Crippen molar-refractivity contribution in [3.63, 3.8) is 0 Å². The van der Waals surface area contributed by atoms with Crippen molar-refractivity contribution < 1.29 is 8.42 Å². The molecule has 0 radical (unpaired) electrons. The average Bonchev–Trinajstić information content (AvgIpc) is 2.25. The van der Waals surface area contributed by atoms with Crippen molar-refractivity contribution in [2.24, 2.45) is 17.8 Å². The van der Waals surface area contributed by atoms with Crippen LogP contribution in [0.5, 0.6) is 0 Å². The average molecular weight is 286 g/mol. The highest BCUT2D eigenvalue weighted by Gasteiger charge is 2.52. The minimum absolute atomic E-state index is 0.0762. The summed E-state index contributed by atoms with van der Waals surface area (Å²) < 4.78 is 27.6. The van der Waals surface area contributed by atoms with Crippen molar-refractivity contribution >= 4 is 10.0 Å². The van der Waals surface area contributed by atoms with E-state index in [1.165, 1.54) is 19.3 Å². The van der Waals surface area contributed by atoms with Crippen LogP contribution in [0.2, 0.25) is 0 Å². The van der Waals surface area contributed by atoms with Gasteiger partial charge in [0, 0.05) is 5.54 Å². The maximum absolute atomic E-state index is 12.3. The summed E-state index contributed by atoms with van der Waals surface area (Å²) in [6, 6.07) is 0. The van der Waals surface area contributed by atoms with E-state index in [4.69, 9.17) is 0 Å². The molecule has 0 unspecified atom stereocenters. The zero-order chi connectivity index (χ0) is 13.5. The minimum Gasteiger partial charge on any atom is -0.320 e. The van der Waals surface area contributed by atoms with E-state index >= 15 is 0 Å². The Morgan fingerprint density at radius 3 is 2.05 bits per heavy atom. The van der Waals surface area contributed by atoms with E-state index in [9.17, 15) is 8.42 Å². The van der Waals surface area contributed by atoms with Crippen LogP contribution in [0.1, 0.15) is 44.9 Å². The van der Waals surface area contributed by atoms with Gasteiger partial charge in [0.15, 0.2) is 0 Å². The van der Waals surface area contributed by atoms with E-state index in [1.807, 2.05) is 7.05 Å². The highest BCUT2D eigenvalue weighted by Crippen LogP contribution is 2.55. The minimum atomic E-state index is -3.11. The topological polar surface area (TPSA) is 58.2 Å². The molecule has 0 spiro atoms. The molecule has 0 heterocycles. The van der Waals surface area contributed by atoms with Gasteiger partial charge in [-0.3, -0.25) is 0 Å². The first-order valence-corrected chi connectivity index (χ1v) is 9.32. The van der Waals surface area contributed by atoms with Gasteiger partial charge in [-0.2, -0.15) is 0 Å². The molecule has 4 nitrogen and oxygen atoms in total. The standard InChI is InChI=1S/C14H26N2O2S/c1-15-3-2-4-19(17,18)16-14-8-11-5-12(9-14)7-13(6-11)10-14/h11-13,15-16H,2-10H2,1H3. The van der Waals surface area contributed by atoms with E-state index in [-0.39, 0.29) is 11.3 Å². The number of rotatable bonds is 6. The summed E-state index contributed by atoms with van der Waals surface area (Å²) in [4.78, 5) is 0. The van der Waals surface area contributed by atoms with Gasteiger partial charge in [0.2, 0.25) is 10.0 Å². The molecule has 4 aliphatic rings. The molecule has 0 atom stereocenters. The van der Waals surface area contributed by atoms with Crippen LogP contribution in [0.15, 0.2) is 0 Å². The van der Waals surface area contributed by atoms with E-state index in [2.05, 4.69) is 10.0 Å². The van der Waals surface area contributed by atoms with Gasteiger partial charge in [0.25, 0.3) is 0 Å². The van der Waals surface area contributed by atoms with Crippen molar-refractivity contribution in [2.45, 2.75) is 50.5 Å². The highest BCUT2D eigenvalue weighted by atomic mass is 32.2. The molecule has 19 heavy (non-hydrogen) atoms. The largest absolute Gasteiger partial charge is 0.320 e. The first kappa shape index (κ1) is 13.8. The molecule has 2 N–H and O–H groups in total. The fourth-order valence-corrected chi connectivity index (χ4v) is 6.59. The third-order valence-corrected chi connectivity index (χ3v) is 6.82. The van der Waals surface area contributed by atoms with E-state index < -0.39 is 10.0 Å². The molecule has 4 fully saturated rings. The predicted molar refractivity (Wildman–Crippen MR) is 76.4 cm³/mol. The van der Waals surface area contributed by atoms with Crippen LogP contribution in [0, 0.1) is 17.8 Å². The van der Waals surface area contributed by atoms with Crippen LogP contribution >= 0.6 is 0 Å². The van der Waals surface area contributed by atoms with Gasteiger partial charge in [-0.05, 0) is 76.3 Å². The monoisotopic (exact) mass is 286 g/mol. The van der Waals surface area contributed by atoms with Gasteiger partial charge in [-0.1, -0.05) is 0 Å². The van der Waals surface area contributed by atoms with Gasteiger partial charge >= 0.3 is 0 Å². The molecule has 4 rings (SSSR count). The van der Waals surface area contributed by atoms with Crippen molar-refractivity contribution in [1.29, 1.82) is 0 Å². The molecular weight excluding hydrogens is 260 g/mol. The Morgan fingerprint density at radius 1 is 1.05 bits per heavy atom. The normalized spacial score (nSPS) is 40.8. The van der Waals surface area contributed by atoms with Gasteiger partial charge in [-0.25, -0.2) is 13.1 Å². The molecule has 5 heteroatoms. The fourth-order valence-electron chi connectivity index (χ4n) is 5.06. The van der Waals surface area contributed by atoms with Crippen molar-refractivity contribution in [3.05, 3.63) is 0 Å². The molecule has 4 aliphatic carbocycles. The van der Waals surface area contributed by atoms with Gasteiger partial charge < -0.3 is 5.32 Å². The lowest BCUT2D eigenvalue weighted by molar-refractivity contribution is -0.00809. The Kier molecular flexibility index (Phi) is 3.65. The Morgan fingerprint density at radius 2 is 1.58 bits per heavy atom. The Bertz CT molecular complexity index is 397. The first-order valence-electron chi connectivity index (χ1n) is 7.66. The summed E-state index contributed by atoms with van der Waals surface area (Å²) in [6.07, 6.45) is 8.00. The summed E-state index contributed by atoms with van der Waals surface area (Å²) in [5, 5.41) is 3.01. The van der Waals surface area contributed by atoms with Crippen LogP contribution in [-0.2, 0) is 10.0 Å². The van der Waals surface area contributed by atoms with Crippen LogP contribution in [0.25, 0.3) is 0 Å². The van der Waals surface area contributed by atoms with Gasteiger partial charge in [0.1, 0.15) is 0 Å². The van der Waals surface area contributed by atoms with Crippen LogP contribution in [-0.4, -0.2) is 33.3 Å². The van der Waals surface area contributed by atoms with E-state index in [0.717, 1.165) is 43.6 Å². The second kappa shape index (κ2) is 5.01. The number of hydrogen-bond acceptors (Lipinski definition) is 3. The smallest absolute Gasteiger partial charge is 0.212 e. The number of sulfonamides is 1. The highest BCUT2D eigenvalue weighted by molar-refractivity contribution is 7.89. The summed E-state index contributed by atoms with van der Waals surface area (Å²) in [6.45, 7) is 0.766. The Balaban J connectivity index is 1.65. The van der Waals surface area contributed by atoms with E-state index in [1.54, 1.807) is 0 Å². The van der Waals surface area contributed by atoms with E-state index in [0.29, 0.717) is 6.42 Å². The Hall–Kier alpha value is -0.130. The first-order chi connectivity index (χ1) is 9.00. The zero-order valence-electron chi connectivity index (χ0n) is 11.8. The van der Waals surface area contributed by atoms with Crippen LogP contribution < -0.4 is 10.0 Å². The Labute approximate surface area is 116 Å². The second-order valence-electron chi connectivity index (χ2n) is 7.08. The predicted octanol–water partition coefficient (Wildman–Crippen LogP) is 1.48. The second-order valence-corrected chi connectivity index (χ2v) is 8.92. The fraction of sp³-hybridized carbons (Fsp3) is 1.00. The van der Waals surface area contributed by atoms with Gasteiger partial charge in [-0.15, -0.1) is 0 Å². The summed E-state index contributed by atoms with van der Waals surface area (Å²) in [5.74, 6) is 2.61. The third-order valence-electron chi connectivity index (χ3n) is 5.25. The van der Waals surface area contributed by atoms with Crippen molar-refractivity contribution in [3.8, 4) is 0 Å². The maximum Gasteiger partial charge on any atom is 0.212 e. The molecule has 0 aromatic carbocycles. The molecule has 110 valence electrons. The molecule has 4 bridgehead atoms. The third kappa shape index (κ3) is 2.98. The molecule has 0 aromatic heterocycles. The number of nitrogens with one attached hydrogen (secondary N) is 2. The lowest BCUT2D eigenvalue weighted by Crippen LogP contribution is -2.60. The molecule has 0 saturated heterocycles. The van der Waals surface area contributed by atoms with Crippen molar-refractivity contribution in [2.75, 3.05) is 19.3 Å². The maximum atomic E-state index is 12.3. The molecule has 4 saturated carbocycles. The number of hydrogen-bond donors (Lipinski definition) is 2. The van der Waals surface area contributed by atoms with Crippen molar-refractivity contribution in [1.82, 2.24) is 10.0 Å². The zero-order valence-corrected chi connectivity index (χ0v) is 12.6. The molecule has 0 aliphatic heterocycles. The lowest BCUT2D eigenvalue weighted by Gasteiger charge is -2.56.